The first-order valence-corrected chi connectivity index (χ1v) is 5.95. The van der Waals surface area contributed by atoms with Crippen LogP contribution in [0.15, 0.2) is 36.0 Å². The van der Waals surface area contributed by atoms with Gasteiger partial charge in [0.2, 0.25) is 0 Å². The number of aldehydes is 1. The van der Waals surface area contributed by atoms with Crippen molar-refractivity contribution in [1.29, 1.82) is 0 Å². The summed E-state index contributed by atoms with van der Waals surface area (Å²) in [6, 6.07) is 0. The molecule has 0 aromatic heterocycles. The van der Waals surface area contributed by atoms with Crippen LogP contribution in [-0.2, 0) is 4.79 Å². The van der Waals surface area contributed by atoms with Crippen LogP contribution >= 0.6 is 0 Å². The number of allylic oxidation sites excluding steroid dienone is 5. The maximum absolute atomic E-state index is 10.3. The number of hydrogen-bond acceptors (Lipinski definition) is 1. The van der Waals surface area contributed by atoms with Crippen LogP contribution in [0.2, 0.25) is 0 Å². The molecule has 1 atom stereocenters. The molecule has 88 valence electrons. The summed E-state index contributed by atoms with van der Waals surface area (Å²) < 4.78 is 0. The van der Waals surface area contributed by atoms with Gasteiger partial charge in [-0.2, -0.15) is 0 Å². The molecule has 1 nitrogen and oxygen atoms in total. The van der Waals surface area contributed by atoms with Crippen molar-refractivity contribution in [2.24, 2.45) is 11.3 Å². The number of carbonyl (C=O) groups is 1. The van der Waals surface area contributed by atoms with Crippen LogP contribution in [-0.4, -0.2) is 6.29 Å². The van der Waals surface area contributed by atoms with Gasteiger partial charge in [0.05, 0.1) is 0 Å². The first kappa shape index (κ1) is 13.0. The molecule has 0 unspecified atom stereocenters. The van der Waals surface area contributed by atoms with Crippen molar-refractivity contribution >= 4 is 6.29 Å². The van der Waals surface area contributed by atoms with E-state index in [1.54, 1.807) is 6.08 Å². The van der Waals surface area contributed by atoms with Crippen LogP contribution in [0.25, 0.3) is 0 Å². The Labute approximate surface area is 98.9 Å². The number of hydrogen-bond donors (Lipinski definition) is 0. The van der Waals surface area contributed by atoms with E-state index in [0.717, 1.165) is 18.3 Å². The van der Waals surface area contributed by atoms with Crippen molar-refractivity contribution < 1.29 is 4.79 Å². The van der Waals surface area contributed by atoms with E-state index in [0.29, 0.717) is 11.3 Å². The molecule has 1 rings (SSSR count). The molecule has 16 heavy (non-hydrogen) atoms. The fourth-order valence-electron chi connectivity index (χ4n) is 2.44. The third-order valence-corrected chi connectivity index (χ3v) is 3.48. The van der Waals surface area contributed by atoms with Gasteiger partial charge in [0.1, 0.15) is 6.29 Å². The van der Waals surface area contributed by atoms with Gasteiger partial charge in [0.25, 0.3) is 0 Å². The molecule has 0 N–H and O–H groups in total. The number of rotatable bonds is 3. The Kier molecular flexibility index (Phi) is 4.28. The predicted octanol–water partition coefficient (Wildman–Crippen LogP) is 4.07. The summed E-state index contributed by atoms with van der Waals surface area (Å²) in [6.45, 7) is 10.7. The van der Waals surface area contributed by atoms with Gasteiger partial charge in [-0.15, -0.1) is 0 Å². The number of carbonyl (C=O) groups excluding carboxylic acids is 1. The minimum atomic E-state index is 0.299. The third-order valence-electron chi connectivity index (χ3n) is 3.48. The summed E-state index contributed by atoms with van der Waals surface area (Å²) >= 11 is 0. The monoisotopic (exact) mass is 218 g/mol. The molecule has 0 radical (unpaired) electrons. The molecule has 0 spiro atoms. The zero-order valence-corrected chi connectivity index (χ0v) is 10.6. The maximum Gasteiger partial charge on any atom is 0.143 e. The minimum Gasteiger partial charge on any atom is -0.299 e. The molecule has 0 aromatic rings. The van der Waals surface area contributed by atoms with Crippen LogP contribution in [0.4, 0.5) is 0 Å². The Morgan fingerprint density at radius 3 is 2.75 bits per heavy atom. The average Bonchev–Trinajstić information content (AvgIpc) is 2.16. The second kappa shape index (κ2) is 5.29. The zero-order chi connectivity index (χ0) is 12.2. The lowest BCUT2D eigenvalue weighted by Gasteiger charge is -2.38. The second-order valence-electron chi connectivity index (χ2n) is 5.38. The molecular weight excluding hydrogens is 196 g/mol. The molecule has 0 bridgehead atoms. The van der Waals surface area contributed by atoms with Gasteiger partial charge < -0.3 is 0 Å². The van der Waals surface area contributed by atoms with Crippen LogP contribution < -0.4 is 0 Å². The van der Waals surface area contributed by atoms with Crippen molar-refractivity contribution in [3.05, 3.63) is 36.0 Å². The highest BCUT2D eigenvalue weighted by Gasteiger charge is 2.32. The first-order valence-electron chi connectivity index (χ1n) is 5.95. The Bertz CT molecular complexity index is 331. The van der Waals surface area contributed by atoms with E-state index in [2.05, 4.69) is 26.5 Å². The van der Waals surface area contributed by atoms with Crippen molar-refractivity contribution in [3.63, 3.8) is 0 Å². The lowest BCUT2D eigenvalue weighted by Crippen LogP contribution is -2.27. The molecule has 0 aliphatic heterocycles. The molecular formula is C15H22O. The highest BCUT2D eigenvalue weighted by atomic mass is 16.1. The standard InChI is InChI=1S/C15H22O/c1-12(9-11-16)7-8-14-13(2)6-5-10-15(14,3)4/h7-9,11,14H,2,5-6,10H2,1,3-4H3/b8-7+,12-9-/t14-/m0/s1. The van der Waals surface area contributed by atoms with E-state index in [-0.39, 0.29) is 0 Å². The maximum atomic E-state index is 10.3. The summed E-state index contributed by atoms with van der Waals surface area (Å²) in [6.07, 6.45) is 10.3. The predicted molar refractivity (Wildman–Crippen MR) is 69.2 cm³/mol. The van der Waals surface area contributed by atoms with Crippen molar-refractivity contribution in [2.75, 3.05) is 0 Å². The highest BCUT2D eigenvalue weighted by Crippen LogP contribution is 2.43. The van der Waals surface area contributed by atoms with Gasteiger partial charge in [-0.1, -0.05) is 38.2 Å². The third kappa shape index (κ3) is 3.19. The normalized spacial score (nSPS) is 26.1. The summed E-state index contributed by atoms with van der Waals surface area (Å²) in [5, 5.41) is 0. The van der Waals surface area contributed by atoms with E-state index in [1.807, 2.05) is 13.0 Å². The first-order chi connectivity index (χ1) is 7.47. The van der Waals surface area contributed by atoms with Gasteiger partial charge in [-0.25, -0.2) is 0 Å². The van der Waals surface area contributed by atoms with E-state index in [9.17, 15) is 4.79 Å². The zero-order valence-electron chi connectivity index (χ0n) is 10.6. The van der Waals surface area contributed by atoms with Gasteiger partial charge in [-0.05, 0) is 43.3 Å². The Morgan fingerprint density at radius 2 is 2.19 bits per heavy atom. The van der Waals surface area contributed by atoms with Gasteiger partial charge in [0, 0.05) is 5.92 Å². The summed E-state index contributed by atoms with van der Waals surface area (Å²) in [4.78, 5) is 10.3. The fourth-order valence-corrected chi connectivity index (χ4v) is 2.44. The Hall–Kier alpha value is -1.11. The summed E-state index contributed by atoms with van der Waals surface area (Å²) in [7, 11) is 0. The quantitative estimate of drug-likeness (QED) is 0.302. The molecule has 0 saturated heterocycles. The topological polar surface area (TPSA) is 17.1 Å². The Morgan fingerprint density at radius 1 is 1.50 bits per heavy atom. The lowest BCUT2D eigenvalue weighted by atomic mass is 9.66. The van der Waals surface area contributed by atoms with Crippen LogP contribution in [0, 0.1) is 11.3 Å². The largest absolute Gasteiger partial charge is 0.299 e. The molecule has 0 aromatic carbocycles. The van der Waals surface area contributed by atoms with Gasteiger partial charge in [-0.3, -0.25) is 4.79 Å². The molecule has 1 saturated carbocycles. The smallest absolute Gasteiger partial charge is 0.143 e. The summed E-state index contributed by atoms with van der Waals surface area (Å²) in [5.74, 6) is 0.441. The fraction of sp³-hybridized carbons (Fsp3) is 0.533. The van der Waals surface area contributed by atoms with Gasteiger partial charge >= 0.3 is 0 Å². The molecule has 0 heterocycles. The summed E-state index contributed by atoms with van der Waals surface area (Å²) in [5.41, 5.74) is 2.63. The van der Waals surface area contributed by atoms with Crippen LogP contribution in [0.3, 0.4) is 0 Å². The highest BCUT2D eigenvalue weighted by molar-refractivity contribution is 5.66. The molecule has 1 fully saturated rings. The van der Waals surface area contributed by atoms with Crippen molar-refractivity contribution in [2.45, 2.75) is 40.0 Å². The van der Waals surface area contributed by atoms with E-state index in [4.69, 9.17) is 0 Å². The SMILES string of the molecule is C=C1CCCC(C)(C)[C@H]1/C=C/C(C)=C\C=O. The van der Waals surface area contributed by atoms with Crippen LogP contribution in [0.1, 0.15) is 40.0 Å². The van der Waals surface area contributed by atoms with E-state index in [1.165, 1.54) is 18.4 Å². The molecule has 0 amide bonds. The average molecular weight is 218 g/mol. The lowest BCUT2D eigenvalue weighted by molar-refractivity contribution is -0.104. The van der Waals surface area contributed by atoms with E-state index < -0.39 is 0 Å². The Balaban J connectivity index is 2.80. The van der Waals surface area contributed by atoms with Crippen LogP contribution in [0.5, 0.6) is 0 Å². The molecule has 1 aliphatic rings. The molecule has 1 heteroatoms. The van der Waals surface area contributed by atoms with E-state index >= 15 is 0 Å². The second-order valence-corrected chi connectivity index (χ2v) is 5.38. The van der Waals surface area contributed by atoms with Crippen molar-refractivity contribution in [3.8, 4) is 0 Å². The molecule has 1 aliphatic carbocycles. The minimum absolute atomic E-state index is 0.299. The van der Waals surface area contributed by atoms with Crippen molar-refractivity contribution in [1.82, 2.24) is 0 Å². The van der Waals surface area contributed by atoms with Gasteiger partial charge in [0.15, 0.2) is 0 Å².